The minimum atomic E-state index is -4.55. The molecule has 1 atom stereocenters. The van der Waals surface area contributed by atoms with Crippen molar-refractivity contribution >= 4 is 5.82 Å². The van der Waals surface area contributed by atoms with E-state index in [0.717, 1.165) is 32.0 Å². The fraction of sp³-hybridized carbons (Fsp3) is 0.474. The molecule has 0 bridgehead atoms. The third-order valence-electron chi connectivity index (χ3n) is 5.05. The first-order chi connectivity index (χ1) is 13.2. The van der Waals surface area contributed by atoms with Crippen LogP contribution in [0.1, 0.15) is 29.5 Å². The lowest BCUT2D eigenvalue weighted by Gasteiger charge is -2.31. The first kappa shape index (κ1) is 20.3. The van der Waals surface area contributed by atoms with E-state index in [1.807, 2.05) is 7.05 Å². The van der Waals surface area contributed by atoms with E-state index in [-0.39, 0.29) is 23.9 Å². The molecule has 3 N–H and O–H groups in total. The van der Waals surface area contributed by atoms with Crippen molar-refractivity contribution in [2.45, 2.75) is 38.6 Å². The molecule has 3 rings (SSSR count). The van der Waals surface area contributed by atoms with E-state index in [1.165, 1.54) is 6.07 Å². The summed E-state index contributed by atoms with van der Waals surface area (Å²) >= 11 is 0. The molecule has 2 aromatic rings. The summed E-state index contributed by atoms with van der Waals surface area (Å²) in [6.07, 6.45) is -2.53. The van der Waals surface area contributed by atoms with Crippen LogP contribution in [0.4, 0.5) is 19.0 Å². The minimum absolute atomic E-state index is 0.136. The monoisotopic (exact) mass is 396 g/mol. The molecule has 152 valence electrons. The number of phenols is 1. The Morgan fingerprint density at radius 1 is 1.29 bits per heavy atom. The second-order valence-electron chi connectivity index (χ2n) is 7.13. The number of hydrogen-bond donors (Lipinski definition) is 3. The summed E-state index contributed by atoms with van der Waals surface area (Å²) in [6.45, 7) is 3.26. The molecule has 6 nitrogen and oxygen atoms in total. The highest BCUT2D eigenvalue weighted by Crippen LogP contribution is 2.37. The molecule has 0 radical (unpaired) electrons. The van der Waals surface area contributed by atoms with Gasteiger partial charge in [0.2, 0.25) is 0 Å². The Kier molecular flexibility index (Phi) is 5.76. The summed E-state index contributed by atoms with van der Waals surface area (Å²) in [4.78, 5) is 2.20. The zero-order valence-corrected chi connectivity index (χ0v) is 15.7. The van der Waals surface area contributed by atoms with Crippen LogP contribution in [-0.2, 0) is 12.8 Å². The van der Waals surface area contributed by atoms with E-state index in [9.17, 15) is 23.4 Å². The molecule has 28 heavy (non-hydrogen) atoms. The van der Waals surface area contributed by atoms with E-state index < -0.39 is 17.5 Å². The van der Waals surface area contributed by atoms with Crippen LogP contribution in [0.25, 0.3) is 11.3 Å². The van der Waals surface area contributed by atoms with Crippen molar-refractivity contribution in [2.24, 2.45) is 0 Å². The third-order valence-corrected chi connectivity index (χ3v) is 5.05. The Bertz CT molecular complexity index is 858. The molecule has 9 heteroatoms. The van der Waals surface area contributed by atoms with Gasteiger partial charge in [0.1, 0.15) is 11.4 Å². The van der Waals surface area contributed by atoms with Crippen molar-refractivity contribution in [1.29, 1.82) is 0 Å². The number of piperidine rings is 1. The largest absolute Gasteiger partial charge is 0.507 e. The van der Waals surface area contributed by atoms with Crippen LogP contribution in [0.2, 0.25) is 0 Å². The maximum Gasteiger partial charge on any atom is 0.416 e. The second-order valence-corrected chi connectivity index (χ2v) is 7.13. The summed E-state index contributed by atoms with van der Waals surface area (Å²) in [5, 5.41) is 31.5. The third kappa shape index (κ3) is 4.20. The highest BCUT2D eigenvalue weighted by Gasteiger charge is 2.31. The van der Waals surface area contributed by atoms with Gasteiger partial charge in [-0.05, 0) is 57.1 Å². The first-order valence-electron chi connectivity index (χ1n) is 9.03. The van der Waals surface area contributed by atoms with E-state index in [4.69, 9.17) is 0 Å². The zero-order chi connectivity index (χ0) is 20.5. The summed E-state index contributed by atoms with van der Waals surface area (Å²) in [6, 6.07) is 2.89. The summed E-state index contributed by atoms with van der Waals surface area (Å²) < 4.78 is 38.5. The lowest BCUT2D eigenvalue weighted by atomic mass is 10.00. The molecule has 0 amide bonds. The number of aromatic hydroxyl groups is 1. The molecule has 2 heterocycles. The smallest absolute Gasteiger partial charge is 0.416 e. The van der Waals surface area contributed by atoms with Gasteiger partial charge in [-0.1, -0.05) is 0 Å². The van der Waals surface area contributed by atoms with Gasteiger partial charge in [-0.3, -0.25) is 0 Å². The van der Waals surface area contributed by atoms with Gasteiger partial charge in [0, 0.05) is 23.7 Å². The van der Waals surface area contributed by atoms with Crippen LogP contribution >= 0.6 is 0 Å². The number of likely N-dealkylation sites (tertiary alicyclic amines) is 1. The topological polar surface area (TPSA) is 81.5 Å². The van der Waals surface area contributed by atoms with Crippen molar-refractivity contribution in [3.05, 3.63) is 34.9 Å². The number of phenolic OH excluding ortho intramolecular Hbond substituents is 1. The van der Waals surface area contributed by atoms with Crippen LogP contribution in [0, 0.1) is 6.92 Å². The highest BCUT2D eigenvalue weighted by atomic mass is 19.4. The quantitative estimate of drug-likeness (QED) is 0.737. The maximum absolute atomic E-state index is 12.8. The molecule has 0 aliphatic carbocycles. The second kappa shape index (κ2) is 7.92. The number of aliphatic hydroxyl groups is 1. The van der Waals surface area contributed by atoms with Crippen LogP contribution in [-0.4, -0.2) is 51.5 Å². The number of nitrogens with one attached hydrogen (secondary N) is 1. The van der Waals surface area contributed by atoms with Crippen LogP contribution in [0.3, 0.4) is 0 Å². The predicted octanol–water partition coefficient (Wildman–Crippen LogP) is 3.17. The number of aliphatic hydroxyl groups excluding tert-OH is 1. The number of rotatable bonds is 4. The minimum Gasteiger partial charge on any atom is -0.507 e. The van der Waals surface area contributed by atoms with Gasteiger partial charge in [0.25, 0.3) is 0 Å². The number of halogens is 3. The highest BCUT2D eigenvalue weighted by molar-refractivity contribution is 5.72. The Hall–Kier alpha value is -2.39. The van der Waals surface area contributed by atoms with Gasteiger partial charge in [0.05, 0.1) is 12.2 Å². The Balaban J connectivity index is 1.93. The summed E-state index contributed by atoms with van der Waals surface area (Å²) in [5.74, 6) is -0.0822. The van der Waals surface area contributed by atoms with Gasteiger partial charge in [-0.15, -0.1) is 10.2 Å². The van der Waals surface area contributed by atoms with Crippen molar-refractivity contribution < 1.29 is 23.4 Å². The predicted molar refractivity (Wildman–Crippen MR) is 98.9 cm³/mol. The number of benzene rings is 1. The molecule has 0 spiro atoms. The molecular formula is C19H23F3N4O2. The van der Waals surface area contributed by atoms with Gasteiger partial charge in [-0.2, -0.15) is 13.2 Å². The maximum atomic E-state index is 12.8. The average Bonchev–Trinajstić information content (AvgIpc) is 2.62. The van der Waals surface area contributed by atoms with E-state index in [0.29, 0.717) is 23.0 Å². The number of aromatic nitrogens is 2. The molecular weight excluding hydrogens is 373 g/mol. The fourth-order valence-corrected chi connectivity index (χ4v) is 3.51. The first-order valence-corrected chi connectivity index (χ1v) is 9.03. The Labute approximate surface area is 161 Å². The van der Waals surface area contributed by atoms with E-state index in [1.54, 1.807) is 6.92 Å². The summed E-state index contributed by atoms with van der Waals surface area (Å²) in [5.41, 5.74) is 0.497. The number of alkyl halides is 3. The fourth-order valence-electron chi connectivity index (χ4n) is 3.51. The zero-order valence-electron chi connectivity index (χ0n) is 15.7. The van der Waals surface area contributed by atoms with Crippen LogP contribution in [0.5, 0.6) is 5.75 Å². The van der Waals surface area contributed by atoms with Gasteiger partial charge < -0.3 is 20.4 Å². The van der Waals surface area contributed by atoms with Crippen LogP contribution in [0.15, 0.2) is 18.2 Å². The number of likely N-dealkylation sites (N-methyl/N-ethyl adjacent to an activating group) is 1. The summed E-state index contributed by atoms with van der Waals surface area (Å²) in [7, 11) is 2.04. The Morgan fingerprint density at radius 3 is 2.64 bits per heavy atom. The van der Waals surface area contributed by atoms with Gasteiger partial charge in [-0.25, -0.2) is 0 Å². The number of nitrogens with zero attached hydrogens (tertiary/aromatic N) is 3. The number of anilines is 1. The van der Waals surface area contributed by atoms with Crippen molar-refractivity contribution in [3.8, 4) is 17.0 Å². The SMILES string of the molecule is Cc1c(-c2ccc(C(F)(F)F)cc2O)nnc(N[C@@H]2CCCN(C)C2)c1CO. The number of hydrogen-bond acceptors (Lipinski definition) is 6. The lowest BCUT2D eigenvalue weighted by Crippen LogP contribution is -2.40. The van der Waals surface area contributed by atoms with Gasteiger partial charge >= 0.3 is 6.18 Å². The van der Waals surface area contributed by atoms with E-state index >= 15 is 0 Å². The van der Waals surface area contributed by atoms with Crippen molar-refractivity contribution in [1.82, 2.24) is 15.1 Å². The molecule has 1 saturated heterocycles. The van der Waals surface area contributed by atoms with Crippen molar-refractivity contribution in [2.75, 3.05) is 25.5 Å². The van der Waals surface area contributed by atoms with E-state index in [2.05, 4.69) is 20.4 Å². The molecule has 1 aliphatic heterocycles. The average molecular weight is 396 g/mol. The molecule has 1 aliphatic rings. The van der Waals surface area contributed by atoms with Crippen molar-refractivity contribution in [3.63, 3.8) is 0 Å². The van der Waals surface area contributed by atoms with Crippen LogP contribution < -0.4 is 5.32 Å². The lowest BCUT2D eigenvalue weighted by molar-refractivity contribution is -0.137. The molecule has 1 fully saturated rings. The normalized spacial score (nSPS) is 18.3. The molecule has 0 unspecified atom stereocenters. The Morgan fingerprint density at radius 2 is 2.04 bits per heavy atom. The molecule has 0 saturated carbocycles. The standard InChI is InChI=1S/C19H23F3N4O2/c1-11-15(10-27)18(23-13-4-3-7-26(2)9-13)25-24-17(11)14-6-5-12(8-16(14)28)19(20,21)22/h5-6,8,13,27-28H,3-4,7,9-10H2,1-2H3,(H,23,25)/t13-/m1/s1. The van der Waals surface area contributed by atoms with Gasteiger partial charge in [0.15, 0.2) is 5.82 Å². The molecule has 1 aromatic heterocycles. The molecule has 1 aromatic carbocycles.